The Labute approximate surface area is 402 Å². The number of nitriles is 1. The lowest BCUT2D eigenvalue weighted by Crippen LogP contribution is -2.42. The maximum atomic E-state index is 9.92. The van der Waals surface area contributed by atoms with Crippen LogP contribution in [0.15, 0.2) is 133 Å². The molecule has 0 aliphatic heterocycles. The van der Waals surface area contributed by atoms with Crippen LogP contribution in [0.1, 0.15) is 114 Å². The van der Waals surface area contributed by atoms with Crippen LogP contribution in [0, 0.1) is 53.8 Å². The zero-order valence-electron chi connectivity index (χ0n) is 40.5. The van der Waals surface area contributed by atoms with E-state index in [2.05, 4.69) is 161 Å². The van der Waals surface area contributed by atoms with E-state index in [0.717, 1.165) is 79.7 Å². The highest BCUT2D eigenvalue weighted by Crippen LogP contribution is 2.56. The Morgan fingerprint density at radius 2 is 1.00 bits per heavy atom. The molecule has 12 rings (SSSR count). The number of aryl methyl sites for hydroxylation is 1. The van der Waals surface area contributed by atoms with Crippen molar-refractivity contribution >= 4 is 21.8 Å². The molecule has 2 heterocycles. The van der Waals surface area contributed by atoms with E-state index in [9.17, 15) is 5.26 Å². The highest BCUT2D eigenvalue weighted by Gasteiger charge is 2.47. The van der Waals surface area contributed by atoms with Gasteiger partial charge >= 0.3 is 0 Å². The monoisotopic (exact) mass is 890 g/mol. The van der Waals surface area contributed by atoms with Gasteiger partial charge in [0.1, 0.15) is 0 Å². The Morgan fingerprint density at radius 3 is 1.63 bits per heavy atom. The van der Waals surface area contributed by atoms with Crippen LogP contribution in [0.2, 0.25) is 0 Å². The third kappa shape index (κ3) is 7.56. The second-order valence-electron chi connectivity index (χ2n) is 22.6. The number of fused-ring (bicyclic) bond motifs is 7. The van der Waals surface area contributed by atoms with Gasteiger partial charge < -0.3 is 4.57 Å². The Balaban J connectivity index is 0.971. The van der Waals surface area contributed by atoms with Gasteiger partial charge in [-0.15, -0.1) is 0 Å². The molecule has 8 aromatic rings. The van der Waals surface area contributed by atoms with Gasteiger partial charge in [-0.2, -0.15) is 5.26 Å². The lowest BCUT2D eigenvalue weighted by Gasteiger charge is -2.51. The molecule has 4 unspecified atom stereocenters. The molecule has 5 nitrogen and oxygen atoms in total. The number of hydrogen-bond donors (Lipinski definition) is 0. The zero-order valence-corrected chi connectivity index (χ0v) is 40.5. The Bertz CT molecular complexity index is 3220. The summed E-state index contributed by atoms with van der Waals surface area (Å²) in [7, 11) is 0. The van der Waals surface area contributed by atoms with Crippen LogP contribution in [0.3, 0.4) is 0 Å². The van der Waals surface area contributed by atoms with Gasteiger partial charge in [0.2, 0.25) is 0 Å². The van der Waals surface area contributed by atoms with Crippen LogP contribution < -0.4 is 0 Å². The van der Waals surface area contributed by atoms with E-state index in [1.54, 1.807) is 5.56 Å². The normalized spacial score (nSPS) is 26.7. The predicted molar refractivity (Wildman–Crippen MR) is 279 cm³/mol. The smallest absolute Gasteiger partial charge is 0.164 e. The molecular weight excluding hydrogens is 827 g/mol. The standard InChI is InChI=1S/C63H63N5/c1-39-24-45-25-40(2)33-62(32-39,36-45)52-19-15-47(16-20-52)59-65-60(50-11-9-10-48(30-50)49-18-23-56(43(5)28-49)63-34-41(3)26-46(37-63)27-42(4)35-63)67-61(66-59)51-17-22-55-54-21-14-44(38-64)29-57(54)68(58(55)31-51)53-12-7-6-8-13-53/h6-23,28-31,39-42,45-46H,24-27,32-37H2,1-5H3/t39-,40+,41-,42+,45?,46?,62?,63?. The summed E-state index contributed by atoms with van der Waals surface area (Å²) in [5, 5.41) is 12.1. The van der Waals surface area contributed by atoms with E-state index in [1.165, 1.54) is 86.5 Å². The zero-order chi connectivity index (χ0) is 46.3. The van der Waals surface area contributed by atoms with Gasteiger partial charge in [0.05, 0.1) is 22.7 Å². The molecule has 4 saturated carbocycles. The van der Waals surface area contributed by atoms with E-state index in [4.69, 9.17) is 15.0 Å². The summed E-state index contributed by atoms with van der Waals surface area (Å²) >= 11 is 0. The van der Waals surface area contributed by atoms with Gasteiger partial charge in [-0.1, -0.05) is 125 Å². The average molecular weight is 890 g/mol. The third-order valence-electron chi connectivity index (χ3n) is 17.1. The maximum absolute atomic E-state index is 9.92. The molecule has 4 fully saturated rings. The van der Waals surface area contributed by atoms with Crippen LogP contribution in [0.4, 0.5) is 0 Å². The summed E-state index contributed by atoms with van der Waals surface area (Å²) < 4.78 is 2.26. The van der Waals surface area contributed by atoms with Crippen molar-refractivity contribution in [2.75, 3.05) is 0 Å². The molecule has 340 valence electrons. The van der Waals surface area contributed by atoms with Gasteiger partial charge in [0.15, 0.2) is 17.5 Å². The Kier molecular flexibility index (Phi) is 10.5. The van der Waals surface area contributed by atoms with Gasteiger partial charge in [0.25, 0.3) is 0 Å². The number of hydrogen-bond acceptors (Lipinski definition) is 4. The molecular formula is C63H63N5. The molecule has 0 radical (unpaired) electrons. The maximum Gasteiger partial charge on any atom is 0.164 e. The van der Waals surface area contributed by atoms with Crippen molar-refractivity contribution in [1.82, 2.24) is 19.5 Å². The fraction of sp³-hybridized carbons (Fsp3) is 0.365. The largest absolute Gasteiger partial charge is 0.309 e. The fourth-order valence-corrected chi connectivity index (χ4v) is 15.2. The molecule has 4 aliphatic rings. The minimum Gasteiger partial charge on any atom is -0.309 e. The van der Waals surface area contributed by atoms with Crippen LogP contribution in [-0.2, 0) is 10.8 Å². The van der Waals surface area contributed by atoms with E-state index in [0.29, 0.717) is 28.5 Å². The van der Waals surface area contributed by atoms with Crippen LogP contribution in [-0.4, -0.2) is 19.5 Å². The van der Waals surface area contributed by atoms with Crippen molar-refractivity contribution in [2.45, 2.75) is 110 Å². The predicted octanol–water partition coefficient (Wildman–Crippen LogP) is 16.0. The number of nitrogens with zero attached hydrogens (tertiary/aromatic N) is 5. The summed E-state index contributed by atoms with van der Waals surface area (Å²) in [6, 6.07) is 50.7. The first-order valence-electron chi connectivity index (χ1n) is 25.6. The number of para-hydroxylation sites is 1. The summed E-state index contributed by atoms with van der Waals surface area (Å²) in [5.41, 5.74) is 14.0. The van der Waals surface area contributed by atoms with E-state index < -0.39 is 0 Å². The van der Waals surface area contributed by atoms with Gasteiger partial charge in [0, 0.05) is 33.2 Å². The molecule has 4 bridgehead atoms. The molecule has 68 heavy (non-hydrogen) atoms. The second kappa shape index (κ2) is 16.7. The quantitative estimate of drug-likeness (QED) is 0.160. The lowest BCUT2D eigenvalue weighted by molar-refractivity contribution is 0.0775. The molecule has 5 heteroatoms. The van der Waals surface area contributed by atoms with Crippen LogP contribution in [0.25, 0.3) is 72.8 Å². The first-order chi connectivity index (χ1) is 33.0. The van der Waals surface area contributed by atoms with Crippen molar-refractivity contribution in [3.8, 4) is 57.0 Å². The van der Waals surface area contributed by atoms with Gasteiger partial charge in [-0.25, -0.2) is 15.0 Å². The third-order valence-corrected chi connectivity index (χ3v) is 17.1. The topological polar surface area (TPSA) is 67.4 Å². The summed E-state index contributed by atoms with van der Waals surface area (Å²) in [4.78, 5) is 16.0. The molecule has 6 aromatic carbocycles. The number of aromatic nitrogens is 4. The summed E-state index contributed by atoms with van der Waals surface area (Å²) in [6.07, 6.45) is 13.3. The van der Waals surface area contributed by atoms with E-state index in [1.807, 2.05) is 18.2 Å². The minimum atomic E-state index is 0.247. The summed E-state index contributed by atoms with van der Waals surface area (Å²) in [6.45, 7) is 12.2. The molecule has 0 spiro atoms. The Hall–Kier alpha value is -6.38. The van der Waals surface area contributed by atoms with Gasteiger partial charge in [-0.05, 0) is 182 Å². The van der Waals surface area contributed by atoms with Crippen molar-refractivity contribution in [3.05, 3.63) is 156 Å². The number of rotatable bonds is 7. The highest BCUT2D eigenvalue weighted by atomic mass is 15.0. The summed E-state index contributed by atoms with van der Waals surface area (Å²) in [5.74, 6) is 6.71. The first-order valence-corrected chi connectivity index (χ1v) is 25.6. The van der Waals surface area contributed by atoms with Crippen LogP contribution in [0.5, 0.6) is 0 Å². The van der Waals surface area contributed by atoms with Crippen molar-refractivity contribution in [1.29, 1.82) is 5.26 Å². The van der Waals surface area contributed by atoms with E-state index in [-0.39, 0.29) is 5.41 Å². The molecule has 0 amide bonds. The van der Waals surface area contributed by atoms with Crippen molar-refractivity contribution in [2.24, 2.45) is 35.5 Å². The molecule has 2 aromatic heterocycles. The van der Waals surface area contributed by atoms with Crippen molar-refractivity contribution in [3.63, 3.8) is 0 Å². The fourth-order valence-electron chi connectivity index (χ4n) is 15.2. The van der Waals surface area contributed by atoms with Gasteiger partial charge in [-0.3, -0.25) is 0 Å². The number of benzene rings is 6. The minimum absolute atomic E-state index is 0.247. The van der Waals surface area contributed by atoms with Crippen LogP contribution >= 0.6 is 0 Å². The lowest BCUT2D eigenvalue weighted by atomic mass is 9.54. The van der Waals surface area contributed by atoms with E-state index >= 15 is 0 Å². The average Bonchev–Trinajstić information content (AvgIpc) is 3.66. The second-order valence-corrected chi connectivity index (χ2v) is 22.6. The molecule has 0 N–H and O–H groups in total. The SMILES string of the molecule is Cc1cc(-c2cccc(-c3nc(-c4ccc(C56CC(C[C@@H](C)C5)C[C@H](C)C6)cc4)nc(-c4ccc5c6ccc(C#N)cc6n(-c6ccccc6)c5c4)n3)c2)ccc1C12CC(C[C@@H](C)C1)C[C@H](C)C2. The first kappa shape index (κ1) is 42.9. The Morgan fingerprint density at radius 1 is 0.485 bits per heavy atom. The molecule has 0 saturated heterocycles. The highest BCUT2D eigenvalue weighted by molar-refractivity contribution is 6.10. The molecule has 4 aliphatic carbocycles. The molecule has 8 atom stereocenters. The van der Waals surface area contributed by atoms with Crippen molar-refractivity contribution < 1.29 is 0 Å².